The van der Waals surface area contributed by atoms with Crippen LogP contribution in [0.4, 0.5) is 5.13 Å². The van der Waals surface area contributed by atoms with Gasteiger partial charge in [-0.15, -0.1) is 10.2 Å². The molecule has 0 aliphatic heterocycles. The summed E-state index contributed by atoms with van der Waals surface area (Å²) in [5.74, 6) is 0.817. The summed E-state index contributed by atoms with van der Waals surface area (Å²) in [5, 5.41) is 12.4. The van der Waals surface area contributed by atoms with E-state index in [1.165, 1.54) is 22.1 Å². The fourth-order valence-corrected chi connectivity index (χ4v) is 3.99. The van der Waals surface area contributed by atoms with E-state index in [2.05, 4.69) is 56.2 Å². The third kappa shape index (κ3) is 2.84. The van der Waals surface area contributed by atoms with E-state index in [1.54, 1.807) is 7.11 Å². The van der Waals surface area contributed by atoms with Gasteiger partial charge in [0.15, 0.2) is 0 Å². The van der Waals surface area contributed by atoms with E-state index in [0.717, 1.165) is 27.4 Å². The van der Waals surface area contributed by atoms with Gasteiger partial charge in [-0.2, -0.15) is 0 Å². The van der Waals surface area contributed by atoms with Crippen molar-refractivity contribution in [2.24, 2.45) is 4.99 Å². The molecule has 28 heavy (non-hydrogen) atoms. The van der Waals surface area contributed by atoms with Gasteiger partial charge in [-0.3, -0.25) is 4.57 Å². The van der Waals surface area contributed by atoms with Crippen LogP contribution in [0.15, 0.2) is 77.8 Å². The molecule has 0 radical (unpaired) electrons. The lowest BCUT2D eigenvalue weighted by Crippen LogP contribution is -1.93. The van der Waals surface area contributed by atoms with Gasteiger partial charge in [-0.05, 0) is 36.4 Å². The maximum atomic E-state index is 5.20. The largest absolute Gasteiger partial charge is 0.497 e. The number of aromatic nitrogens is 3. The topological polar surface area (TPSA) is 52.3 Å². The molecule has 136 valence electrons. The van der Waals surface area contributed by atoms with Gasteiger partial charge in [-0.1, -0.05) is 47.7 Å². The SMILES string of the molecule is COc1ccc(-c2nnc(/N=C/n3c4ccccc4c4ccccc43)s2)cc1. The molecule has 0 atom stereocenters. The third-order valence-electron chi connectivity index (χ3n) is 4.65. The van der Waals surface area contributed by atoms with Crippen LogP contribution in [0.5, 0.6) is 5.75 Å². The fourth-order valence-electron chi connectivity index (χ4n) is 3.30. The molecule has 0 unspecified atom stereocenters. The number of nitrogens with zero attached hydrogens (tertiary/aromatic N) is 4. The molecule has 0 saturated carbocycles. The van der Waals surface area contributed by atoms with E-state index in [1.807, 2.05) is 42.7 Å². The summed E-state index contributed by atoms with van der Waals surface area (Å²) in [6, 6.07) is 24.4. The number of ether oxygens (including phenoxy) is 1. The average Bonchev–Trinajstić information content (AvgIpc) is 3.35. The first-order valence-corrected chi connectivity index (χ1v) is 9.65. The second kappa shape index (κ2) is 6.90. The van der Waals surface area contributed by atoms with Gasteiger partial charge in [0, 0.05) is 16.3 Å². The minimum Gasteiger partial charge on any atom is -0.497 e. The molecule has 5 aromatic rings. The molecule has 5 rings (SSSR count). The normalized spacial score (nSPS) is 11.6. The van der Waals surface area contributed by atoms with Crippen LogP contribution in [0.3, 0.4) is 0 Å². The van der Waals surface area contributed by atoms with Crippen molar-refractivity contribution < 1.29 is 4.74 Å². The quantitative estimate of drug-likeness (QED) is 0.302. The highest BCUT2D eigenvalue weighted by atomic mass is 32.1. The summed E-state index contributed by atoms with van der Waals surface area (Å²) in [6.07, 6.45) is 1.82. The Labute approximate surface area is 165 Å². The summed E-state index contributed by atoms with van der Waals surface area (Å²) in [7, 11) is 1.65. The lowest BCUT2D eigenvalue weighted by Gasteiger charge is -1.99. The van der Waals surface area contributed by atoms with Crippen LogP contribution in [0.2, 0.25) is 0 Å². The van der Waals surface area contributed by atoms with Crippen molar-refractivity contribution in [3.8, 4) is 16.3 Å². The van der Waals surface area contributed by atoms with Crippen molar-refractivity contribution in [2.75, 3.05) is 7.11 Å². The van der Waals surface area contributed by atoms with Crippen molar-refractivity contribution in [1.29, 1.82) is 0 Å². The Balaban J connectivity index is 1.52. The van der Waals surface area contributed by atoms with Gasteiger partial charge < -0.3 is 4.74 Å². The minimum atomic E-state index is 0.618. The second-order valence-electron chi connectivity index (χ2n) is 6.27. The maximum Gasteiger partial charge on any atom is 0.233 e. The van der Waals surface area contributed by atoms with Gasteiger partial charge in [0.2, 0.25) is 5.13 Å². The molecule has 6 heteroatoms. The van der Waals surface area contributed by atoms with Crippen LogP contribution in [0, 0.1) is 0 Å². The first-order chi connectivity index (χ1) is 13.8. The smallest absolute Gasteiger partial charge is 0.233 e. The molecular weight excluding hydrogens is 368 g/mol. The molecule has 5 nitrogen and oxygen atoms in total. The molecule has 3 aromatic carbocycles. The molecule has 0 spiro atoms. The monoisotopic (exact) mass is 384 g/mol. The van der Waals surface area contributed by atoms with Crippen LogP contribution >= 0.6 is 11.3 Å². The Morgan fingerprint density at radius 1 is 0.857 bits per heavy atom. The fraction of sp³-hybridized carbons (Fsp3) is 0.0455. The van der Waals surface area contributed by atoms with Gasteiger partial charge in [0.1, 0.15) is 17.1 Å². The Morgan fingerprint density at radius 3 is 2.14 bits per heavy atom. The zero-order valence-corrected chi connectivity index (χ0v) is 15.9. The lowest BCUT2D eigenvalue weighted by atomic mass is 10.2. The van der Waals surface area contributed by atoms with Crippen LogP contribution in [-0.2, 0) is 0 Å². The van der Waals surface area contributed by atoms with E-state index >= 15 is 0 Å². The highest BCUT2D eigenvalue weighted by Crippen LogP contribution is 2.30. The number of para-hydroxylation sites is 2. The molecule has 0 saturated heterocycles. The molecule has 0 aliphatic carbocycles. The van der Waals surface area contributed by atoms with E-state index in [0.29, 0.717) is 5.13 Å². The Bertz CT molecular complexity index is 1250. The van der Waals surface area contributed by atoms with Gasteiger partial charge in [0.05, 0.1) is 18.1 Å². The van der Waals surface area contributed by atoms with Crippen molar-refractivity contribution in [3.63, 3.8) is 0 Å². The second-order valence-corrected chi connectivity index (χ2v) is 7.22. The predicted octanol–water partition coefficient (Wildman–Crippen LogP) is 5.53. The van der Waals surface area contributed by atoms with E-state index in [4.69, 9.17) is 4.74 Å². The summed E-state index contributed by atoms with van der Waals surface area (Å²) in [6.45, 7) is 0. The minimum absolute atomic E-state index is 0.618. The van der Waals surface area contributed by atoms with E-state index < -0.39 is 0 Å². The summed E-state index contributed by atoms with van der Waals surface area (Å²) >= 11 is 1.46. The number of fused-ring (bicyclic) bond motifs is 3. The van der Waals surface area contributed by atoms with Crippen molar-refractivity contribution in [3.05, 3.63) is 72.8 Å². The molecule has 2 aromatic heterocycles. The summed E-state index contributed by atoms with van der Waals surface area (Å²) < 4.78 is 7.30. The average molecular weight is 384 g/mol. The molecule has 0 fully saturated rings. The predicted molar refractivity (Wildman–Crippen MR) is 115 cm³/mol. The van der Waals surface area contributed by atoms with Crippen molar-refractivity contribution in [1.82, 2.24) is 14.8 Å². The number of hydrogen-bond donors (Lipinski definition) is 0. The number of hydrogen-bond acceptors (Lipinski definition) is 5. The number of benzene rings is 3. The molecule has 2 heterocycles. The molecule has 0 N–H and O–H groups in total. The highest BCUT2D eigenvalue weighted by Gasteiger charge is 2.09. The first kappa shape index (κ1) is 16.6. The zero-order chi connectivity index (χ0) is 18.9. The number of rotatable bonds is 4. The van der Waals surface area contributed by atoms with Gasteiger partial charge >= 0.3 is 0 Å². The molecule has 0 aliphatic rings. The molecule has 0 amide bonds. The highest BCUT2D eigenvalue weighted by molar-refractivity contribution is 7.18. The first-order valence-electron chi connectivity index (χ1n) is 8.83. The zero-order valence-electron chi connectivity index (χ0n) is 15.1. The molecule has 0 bridgehead atoms. The van der Waals surface area contributed by atoms with Crippen LogP contribution < -0.4 is 4.74 Å². The molecular formula is C22H16N4OS. The Morgan fingerprint density at radius 2 is 1.50 bits per heavy atom. The summed E-state index contributed by atoms with van der Waals surface area (Å²) in [5.41, 5.74) is 3.23. The van der Waals surface area contributed by atoms with E-state index in [9.17, 15) is 0 Å². The van der Waals surface area contributed by atoms with Crippen molar-refractivity contribution in [2.45, 2.75) is 0 Å². The third-order valence-corrected chi connectivity index (χ3v) is 5.53. The van der Waals surface area contributed by atoms with Crippen LogP contribution in [-0.4, -0.2) is 28.2 Å². The van der Waals surface area contributed by atoms with Crippen molar-refractivity contribution >= 4 is 44.6 Å². The summed E-state index contributed by atoms with van der Waals surface area (Å²) in [4.78, 5) is 4.59. The van der Waals surface area contributed by atoms with Gasteiger partial charge in [-0.25, -0.2) is 4.99 Å². The van der Waals surface area contributed by atoms with Gasteiger partial charge in [0.25, 0.3) is 0 Å². The van der Waals surface area contributed by atoms with E-state index in [-0.39, 0.29) is 0 Å². The maximum absolute atomic E-state index is 5.20. The lowest BCUT2D eigenvalue weighted by molar-refractivity contribution is 0.415. The number of methoxy groups -OCH3 is 1. The Hall–Kier alpha value is -3.51. The van der Waals surface area contributed by atoms with Crippen LogP contribution in [0.25, 0.3) is 32.4 Å². The Kier molecular flexibility index (Phi) is 4.10. The standard InChI is InChI=1S/C22H16N4OS/c1-27-16-12-10-15(11-13-16)21-24-25-22(28-21)23-14-26-19-8-4-2-6-17(19)18-7-3-5-9-20(18)26/h2-14H,1H3/b23-14+. The van der Waals surface area contributed by atoms with Crippen LogP contribution in [0.1, 0.15) is 0 Å². The number of aliphatic imine (C=N–C) groups is 1.